The van der Waals surface area contributed by atoms with Crippen molar-refractivity contribution in [3.63, 3.8) is 0 Å². The topological polar surface area (TPSA) is 121 Å². The molecule has 8 nitrogen and oxygen atoms in total. The monoisotopic (exact) mass is 532 g/mol. The van der Waals surface area contributed by atoms with E-state index in [4.69, 9.17) is 4.98 Å². The Kier molecular flexibility index (Phi) is 6.17. The molecule has 188 valence electrons. The van der Waals surface area contributed by atoms with Crippen molar-refractivity contribution in [1.29, 1.82) is 0 Å². The van der Waals surface area contributed by atoms with Crippen LogP contribution in [-0.2, 0) is 20.0 Å². The molecule has 0 saturated heterocycles. The van der Waals surface area contributed by atoms with Crippen molar-refractivity contribution >= 4 is 42.5 Å². The molecule has 3 aromatic carbocycles. The smallest absolute Gasteiger partial charge is 0.262 e. The van der Waals surface area contributed by atoms with Gasteiger partial charge in [0.1, 0.15) is 5.82 Å². The Morgan fingerprint density at radius 3 is 2.28 bits per heavy atom. The van der Waals surface area contributed by atoms with E-state index < -0.39 is 32.1 Å². The molecule has 0 bridgehead atoms. The number of benzene rings is 3. The standard InChI is InChI=1S/C24H22F2N4O4S2/c25-13-35(31,32)29-17-8-5-15(6-9-17)19-12-20(19)24-27-22-10-7-16(11-23(22)28-24)18-3-1-2-4-21(18)30-36(33,34)14-26/h1-11,19-20,29-30H,12-14H2,(H,27,28). The highest BCUT2D eigenvalue weighted by Gasteiger charge is 2.41. The third-order valence-corrected chi connectivity index (χ3v) is 7.70. The van der Waals surface area contributed by atoms with Crippen molar-refractivity contribution < 1.29 is 25.6 Å². The summed E-state index contributed by atoms with van der Waals surface area (Å²) in [5.41, 5.74) is 4.50. The van der Waals surface area contributed by atoms with Gasteiger partial charge in [0.05, 0.1) is 16.7 Å². The van der Waals surface area contributed by atoms with Gasteiger partial charge in [0.2, 0.25) is 12.0 Å². The third kappa shape index (κ3) is 5.05. The Labute approximate surface area is 206 Å². The predicted octanol–water partition coefficient (Wildman–Crippen LogP) is 4.84. The van der Waals surface area contributed by atoms with Crippen LogP contribution >= 0.6 is 0 Å². The predicted molar refractivity (Wildman–Crippen MR) is 135 cm³/mol. The van der Waals surface area contributed by atoms with Gasteiger partial charge < -0.3 is 4.98 Å². The molecule has 2 unspecified atom stereocenters. The van der Waals surface area contributed by atoms with Crippen molar-refractivity contribution in [1.82, 2.24) is 9.97 Å². The molecule has 0 amide bonds. The normalized spacial score (nSPS) is 17.7. The number of rotatable bonds is 9. The lowest BCUT2D eigenvalue weighted by atomic mass is 10.0. The molecule has 0 aliphatic heterocycles. The fraction of sp³-hybridized carbons (Fsp3) is 0.208. The number of anilines is 2. The van der Waals surface area contributed by atoms with Gasteiger partial charge in [-0.05, 0) is 53.8 Å². The highest BCUT2D eigenvalue weighted by molar-refractivity contribution is 7.92. The van der Waals surface area contributed by atoms with Crippen LogP contribution in [0.2, 0.25) is 0 Å². The molecule has 1 fully saturated rings. The molecule has 36 heavy (non-hydrogen) atoms. The average molecular weight is 533 g/mol. The number of imidazole rings is 1. The summed E-state index contributed by atoms with van der Waals surface area (Å²) in [6, 6.07) is 16.2. The third-order valence-electron chi connectivity index (χ3n) is 6.05. The van der Waals surface area contributed by atoms with E-state index in [1.54, 1.807) is 36.4 Å². The van der Waals surface area contributed by atoms with Gasteiger partial charge >= 0.3 is 0 Å². The molecule has 1 heterocycles. The number of nitrogens with one attached hydrogen (secondary N) is 3. The first-order valence-corrected chi connectivity index (χ1v) is 14.3. The number of aromatic nitrogens is 2. The van der Waals surface area contributed by atoms with Crippen molar-refractivity contribution in [3.05, 3.63) is 78.1 Å². The second kappa shape index (κ2) is 9.17. The molecular formula is C24H22F2N4O4S2. The fourth-order valence-electron chi connectivity index (χ4n) is 4.26. The summed E-state index contributed by atoms with van der Waals surface area (Å²) in [7, 11) is -8.06. The summed E-state index contributed by atoms with van der Waals surface area (Å²) in [5, 5.41) is 0. The van der Waals surface area contributed by atoms with Gasteiger partial charge in [0.15, 0.2) is 0 Å². The second-order valence-corrected chi connectivity index (χ2v) is 11.9. The maximum Gasteiger partial charge on any atom is 0.262 e. The van der Waals surface area contributed by atoms with Crippen LogP contribution in [0.3, 0.4) is 0 Å². The lowest BCUT2D eigenvalue weighted by Gasteiger charge is -2.11. The Morgan fingerprint density at radius 2 is 1.56 bits per heavy atom. The second-order valence-electron chi connectivity index (χ2n) is 8.62. The van der Waals surface area contributed by atoms with Crippen molar-refractivity contribution in [2.75, 3.05) is 21.5 Å². The summed E-state index contributed by atoms with van der Waals surface area (Å²) in [6.45, 7) is 0. The van der Waals surface area contributed by atoms with Crippen LogP contribution in [0.5, 0.6) is 0 Å². The molecule has 12 heteroatoms. The minimum Gasteiger partial charge on any atom is -0.342 e. The number of nitrogens with zero attached hydrogens (tertiary/aromatic N) is 1. The van der Waals surface area contributed by atoms with E-state index in [1.807, 2.05) is 30.3 Å². The zero-order chi connectivity index (χ0) is 25.5. The van der Waals surface area contributed by atoms with Crippen molar-refractivity contribution in [3.8, 4) is 11.1 Å². The quantitative estimate of drug-likeness (QED) is 0.285. The number of halogens is 2. The first-order chi connectivity index (χ1) is 17.2. The Hall–Kier alpha value is -3.51. The Morgan fingerprint density at radius 1 is 0.861 bits per heavy atom. The van der Waals surface area contributed by atoms with Gasteiger partial charge in [-0.15, -0.1) is 0 Å². The first kappa shape index (κ1) is 24.2. The van der Waals surface area contributed by atoms with E-state index >= 15 is 0 Å². The van der Waals surface area contributed by atoms with Gasteiger partial charge in [0, 0.05) is 17.2 Å². The average Bonchev–Trinajstić information content (AvgIpc) is 3.55. The largest absolute Gasteiger partial charge is 0.342 e. The fourth-order valence-corrected chi connectivity index (χ4v) is 5.38. The molecule has 1 aliphatic rings. The number of hydrogen-bond donors (Lipinski definition) is 3. The summed E-state index contributed by atoms with van der Waals surface area (Å²) < 4.78 is 76.1. The first-order valence-electron chi connectivity index (χ1n) is 11.0. The number of fused-ring (bicyclic) bond motifs is 1. The van der Waals surface area contributed by atoms with E-state index in [9.17, 15) is 25.6 Å². The van der Waals surface area contributed by atoms with Crippen LogP contribution in [0, 0.1) is 0 Å². The van der Waals surface area contributed by atoms with E-state index in [1.165, 1.54) is 0 Å². The van der Waals surface area contributed by atoms with Crippen LogP contribution < -0.4 is 9.44 Å². The summed E-state index contributed by atoms with van der Waals surface area (Å²) in [6.07, 6.45) is 0.871. The van der Waals surface area contributed by atoms with E-state index in [2.05, 4.69) is 14.4 Å². The molecule has 1 aliphatic carbocycles. The van der Waals surface area contributed by atoms with E-state index in [-0.39, 0.29) is 17.5 Å². The molecule has 1 saturated carbocycles. The Balaban J connectivity index is 1.36. The number of aromatic amines is 1. The number of hydrogen-bond acceptors (Lipinski definition) is 5. The van der Waals surface area contributed by atoms with Gasteiger partial charge in [-0.2, -0.15) is 0 Å². The minimum atomic E-state index is -4.08. The van der Waals surface area contributed by atoms with Gasteiger partial charge in [-0.3, -0.25) is 9.44 Å². The lowest BCUT2D eigenvalue weighted by Crippen LogP contribution is -2.14. The molecule has 5 rings (SSSR count). The van der Waals surface area contributed by atoms with Crippen molar-refractivity contribution in [2.24, 2.45) is 0 Å². The van der Waals surface area contributed by atoms with Crippen LogP contribution in [-0.4, -0.2) is 38.8 Å². The molecule has 0 spiro atoms. The number of para-hydroxylation sites is 1. The summed E-state index contributed by atoms with van der Waals surface area (Å²) in [4.78, 5) is 8.09. The van der Waals surface area contributed by atoms with E-state index in [0.717, 1.165) is 28.9 Å². The van der Waals surface area contributed by atoms with Crippen LogP contribution in [0.1, 0.15) is 29.6 Å². The highest BCUT2D eigenvalue weighted by Crippen LogP contribution is 2.54. The molecule has 1 aromatic heterocycles. The molecular weight excluding hydrogens is 510 g/mol. The molecule has 2 atom stereocenters. The zero-order valence-electron chi connectivity index (χ0n) is 18.8. The maximum atomic E-state index is 12.8. The molecule has 0 radical (unpaired) electrons. The van der Waals surface area contributed by atoms with E-state index in [0.29, 0.717) is 16.8 Å². The molecule has 3 N–H and O–H groups in total. The summed E-state index contributed by atoms with van der Waals surface area (Å²) >= 11 is 0. The number of alkyl halides is 2. The molecule has 4 aromatic rings. The highest BCUT2D eigenvalue weighted by atomic mass is 32.2. The minimum absolute atomic E-state index is 0.165. The zero-order valence-corrected chi connectivity index (χ0v) is 20.4. The maximum absolute atomic E-state index is 12.8. The Bertz CT molecular complexity index is 1640. The van der Waals surface area contributed by atoms with Crippen LogP contribution in [0.15, 0.2) is 66.7 Å². The van der Waals surface area contributed by atoms with Crippen molar-refractivity contribution in [2.45, 2.75) is 18.3 Å². The lowest BCUT2D eigenvalue weighted by molar-refractivity contribution is 0.538. The number of sulfonamides is 2. The van der Waals surface area contributed by atoms with Gasteiger partial charge in [-0.25, -0.2) is 30.6 Å². The van der Waals surface area contributed by atoms with Crippen LogP contribution in [0.4, 0.5) is 20.2 Å². The SMILES string of the molecule is O=S(=O)(CF)Nc1ccc(C2CC2c2nc3cc(-c4ccccc4NS(=O)(=O)CF)ccc3[nH]2)cc1. The number of H-pyrrole nitrogens is 1. The summed E-state index contributed by atoms with van der Waals surface area (Å²) in [5.74, 6) is 1.20. The van der Waals surface area contributed by atoms with Crippen LogP contribution in [0.25, 0.3) is 22.2 Å². The van der Waals surface area contributed by atoms with Gasteiger partial charge in [-0.1, -0.05) is 36.4 Å². The van der Waals surface area contributed by atoms with Gasteiger partial charge in [0.25, 0.3) is 20.0 Å².